The van der Waals surface area contributed by atoms with E-state index < -0.39 is 11.4 Å². The molecule has 160 valence electrons. The Morgan fingerprint density at radius 2 is 1.90 bits per heavy atom. The number of nitrogens with zero attached hydrogens (tertiary/aromatic N) is 2. The highest BCUT2D eigenvalue weighted by Crippen LogP contribution is 2.33. The number of nitriles is 1. The molecule has 2 fully saturated rings. The molecule has 0 heterocycles. The minimum Gasteiger partial charge on any atom is -0.384 e. The van der Waals surface area contributed by atoms with Crippen molar-refractivity contribution in [1.29, 1.82) is 5.26 Å². The van der Waals surface area contributed by atoms with Crippen LogP contribution in [0.15, 0.2) is 41.0 Å². The summed E-state index contributed by atoms with van der Waals surface area (Å²) >= 11 is 0. The molecule has 0 radical (unpaired) electrons. The number of nitrogens with two attached hydrogens (primary N) is 2. The molecule has 8 heteroatoms. The van der Waals surface area contributed by atoms with Crippen molar-refractivity contribution in [2.75, 3.05) is 6.54 Å². The van der Waals surface area contributed by atoms with Gasteiger partial charge in [-0.15, -0.1) is 0 Å². The Morgan fingerprint density at radius 1 is 1.23 bits per heavy atom. The van der Waals surface area contributed by atoms with Crippen LogP contribution < -0.4 is 22.1 Å². The first-order valence-corrected chi connectivity index (χ1v) is 10.4. The van der Waals surface area contributed by atoms with Crippen molar-refractivity contribution in [2.45, 2.75) is 56.5 Å². The summed E-state index contributed by atoms with van der Waals surface area (Å²) in [6, 6.07) is 8.16. The Hall–Kier alpha value is -2.92. The lowest BCUT2D eigenvalue weighted by molar-refractivity contribution is -0.114. The summed E-state index contributed by atoms with van der Waals surface area (Å²) in [4.78, 5) is 16.1. The fourth-order valence-electron chi connectivity index (χ4n) is 3.76. The van der Waals surface area contributed by atoms with Gasteiger partial charge >= 0.3 is 0 Å². The molecule has 7 nitrogen and oxygen atoms in total. The van der Waals surface area contributed by atoms with Gasteiger partial charge in [0.25, 0.3) is 5.91 Å². The third kappa shape index (κ3) is 6.04. The summed E-state index contributed by atoms with van der Waals surface area (Å²) in [5.74, 6) is -0.342. The number of hydrogen-bond donors (Lipinski definition) is 4. The predicted octanol–water partition coefficient (Wildman–Crippen LogP) is 2.37. The first-order valence-electron chi connectivity index (χ1n) is 10.4. The molecule has 3 rings (SSSR count). The zero-order chi connectivity index (χ0) is 21.6. The highest BCUT2D eigenvalue weighted by molar-refractivity contribution is 6.20. The highest BCUT2D eigenvalue weighted by Gasteiger charge is 2.35. The second-order valence-corrected chi connectivity index (χ2v) is 8.28. The summed E-state index contributed by atoms with van der Waals surface area (Å²) in [6.45, 7) is 1.07. The number of amides is 1. The van der Waals surface area contributed by atoms with Crippen LogP contribution in [-0.4, -0.2) is 29.9 Å². The van der Waals surface area contributed by atoms with Gasteiger partial charge in [0, 0.05) is 17.8 Å². The minimum absolute atomic E-state index is 0.0330. The number of primary amides is 1. The fourth-order valence-corrected chi connectivity index (χ4v) is 3.76. The number of hydrogen-bond acceptors (Lipinski definition) is 5. The Labute approximate surface area is 176 Å². The van der Waals surface area contributed by atoms with Crippen LogP contribution in [0.1, 0.15) is 44.9 Å². The molecule has 0 atom stereocenters. The van der Waals surface area contributed by atoms with Gasteiger partial charge in [0.2, 0.25) is 0 Å². The maximum absolute atomic E-state index is 13.1. The number of aliphatic imine (C=N–C) groups is 1. The summed E-state index contributed by atoms with van der Waals surface area (Å²) in [7, 11) is 0. The van der Waals surface area contributed by atoms with Crippen molar-refractivity contribution >= 4 is 17.4 Å². The standard InChI is InChI=1S/C22H29FN6O/c23-16-3-5-18(6-4-16)29-20(25)19(21(26)30)14-28-22(11-12-24)9-7-17(8-10-22)27-13-15-1-2-15/h3-6,14-15,17,27-28H,1-2,7-11,13H2,(H2,25,29)(H2,26,30)/b19-14+. The number of carbonyl (C=O) groups is 1. The molecule has 2 saturated carbocycles. The zero-order valence-electron chi connectivity index (χ0n) is 17.0. The van der Waals surface area contributed by atoms with Crippen molar-refractivity contribution in [1.82, 2.24) is 10.6 Å². The molecule has 6 N–H and O–H groups in total. The molecular weight excluding hydrogens is 383 g/mol. The molecule has 2 aliphatic carbocycles. The monoisotopic (exact) mass is 412 g/mol. The molecule has 0 aliphatic heterocycles. The van der Waals surface area contributed by atoms with Crippen molar-refractivity contribution in [3.05, 3.63) is 41.9 Å². The normalized spacial score (nSPS) is 24.9. The lowest BCUT2D eigenvalue weighted by atomic mass is 9.77. The van der Waals surface area contributed by atoms with E-state index in [1.54, 1.807) is 0 Å². The number of carbonyl (C=O) groups excluding carboxylic acids is 1. The molecule has 2 aliphatic rings. The van der Waals surface area contributed by atoms with Gasteiger partial charge in [0.1, 0.15) is 11.7 Å². The van der Waals surface area contributed by atoms with Gasteiger partial charge in [-0.25, -0.2) is 9.38 Å². The van der Waals surface area contributed by atoms with Crippen LogP contribution in [0.3, 0.4) is 0 Å². The zero-order valence-corrected chi connectivity index (χ0v) is 17.0. The molecule has 1 aromatic carbocycles. The quantitative estimate of drug-likeness (QED) is 0.281. The molecule has 0 aromatic heterocycles. The van der Waals surface area contributed by atoms with Crippen LogP contribution in [-0.2, 0) is 4.79 Å². The highest BCUT2D eigenvalue weighted by atomic mass is 19.1. The average molecular weight is 413 g/mol. The van der Waals surface area contributed by atoms with E-state index >= 15 is 0 Å². The van der Waals surface area contributed by atoms with Gasteiger partial charge < -0.3 is 22.1 Å². The third-order valence-electron chi connectivity index (χ3n) is 5.89. The van der Waals surface area contributed by atoms with E-state index in [4.69, 9.17) is 11.5 Å². The first kappa shape index (κ1) is 21.8. The maximum atomic E-state index is 13.1. The van der Waals surface area contributed by atoms with Crippen molar-refractivity contribution in [2.24, 2.45) is 22.4 Å². The first-order chi connectivity index (χ1) is 14.4. The average Bonchev–Trinajstić information content (AvgIpc) is 3.54. The predicted molar refractivity (Wildman–Crippen MR) is 114 cm³/mol. The second-order valence-electron chi connectivity index (χ2n) is 8.28. The van der Waals surface area contributed by atoms with E-state index in [1.165, 1.54) is 43.3 Å². The summed E-state index contributed by atoms with van der Waals surface area (Å²) in [6.07, 6.45) is 7.96. The van der Waals surface area contributed by atoms with Crippen molar-refractivity contribution < 1.29 is 9.18 Å². The van der Waals surface area contributed by atoms with Gasteiger partial charge in [0.15, 0.2) is 0 Å². The van der Waals surface area contributed by atoms with Crippen molar-refractivity contribution in [3.8, 4) is 6.07 Å². The lowest BCUT2D eigenvalue weighted by Gasteiger charge is -2.39. The van der Waals surface area contributed by atoms with Crippen LogP contribution in [0.4, 0.5) is 10.1 Å². The SMILES string of the molecule is N#CCC1(N/C=C(/C(N)=O)C(N)=Nc2ccc(F)cc2)CCC(NCC2CC2)CC1. The number of halogens is 1. The molecule has 1 aromatic rings. The van der Waals surface area contributed by atoms with Crippen LogP contribution >= 0.6 is 0 Å². The lowest BCUT2D eigenvalue weighted by Crippen LogP contribution is -2.49. The van der Waals surface area contributed by atoms with E-state index in [2.05, 4.69) is 21.7 Å². The van der Waals surface area contributed by atoms with Gasteiger partial charge in [-0.05, 0) is 75.3 Å². The number of benzene rings is 1. The van der Waals surface area contributed by atoms with Gasteiger partial charge in [0.05, 0.1) is 23.8 Å². The summed E-state index contributed by atoms with van der Waals surface area (Å²) in [5, 5.41) is 16.2. The van der Waals surface area contributed by atoms with E-state index in [0.29, 0.717) is 18.2 Å². The smallest absolute Gasteiger partial charge is 0.253 e. The number of amidine groups is 1. The number of rotatable bonds is 9. The molecule has 30 heavy (non-hydrogen) atoms. The van der Waals surface area contributed by atoms with E-state index in [9.17, 15) is 14.4 Å². The fraction of sp³-hybridized carbons (Fsp3) is 0.500. The maximum Gasteiger partial charge on any atom is 0.253 e. The third-order valence-corrected chi connectivity index (χ3v) is 5.89. The largest absolute Gasteiger partial charge is 0.384 e. The van der Waals surface area contributed by atoms with Crippen LogP contribution in [0, 0.1) is 23.1 Å². The molecule has 0 unspecified atom stereocenters. The van der Waals surface area contributed by atoms with E-state index in [0.717, 1.165) is 38.1 Å². The van der Waals surface area contributed by atoms with Gasteiger partial charge in [-0.1, -0.05) is 0 Å². The van der Waals surface area contributed by atoms with Crippen LogP contribution in [0.5, 0.6) is 0 Å². The summed E-state index contributed by atoms with van der Waals surface area (Å²) < 4.78 is 13.1. The molecular formula is C22H29FN6O. The Kier molecular flexibility index (Phi) is 7.06. The van der Waals surface area contributed by atoms with Crippen LogP contribution in [0.25, 0.3) is 0 Å². The molecule has 1 amide bonds. The van der Waals surface area contributed by atoms with Gasteiger partial charge in [-0.2, -0.15) is 5.26 Å². The van der Waals surface area contributed by atoms with E-state index in [1.807, 2.05) is 0 Å². The topological polar surface area (TPSA) is 129 Å². The Bertz CT molecular complexity index is 845. The van der Waals surface area contributed by atoms with E-state index in [-0.39, 0.29) is 17.2 Å². The van der Waals surface area contributed by atoms with Crippen molar-refractivity contribution in [3.63, 3.8) is 0 Å². The Morgan fingerprint density at radius 3 is 2.47 bits per heavy atom. The molecule has 0 spiro atoms. The van der Waals surface area contributed by atoms with Gasteiger partial charge in [-0.3, -0.25) is 4.79 Å². The summed E-state index contributed by atoms with van der Waals surface area (Å²) in [5.41, 5.74) is 11.5. The molecule has 0 saturated heterocycles. The molecule has 0 bridgehead atoms. The van der Waals surface area contributed by atoms with Crippen LogP contribution in [0.2, 0.25) is 0 Å². The number of nitrogens with one attached hydrogen (secondary N) is 2. The Balaban J connectivity index is 1.68. The minimum atomic E-state index is -0.724. The second kappa shape index (κ2) is 9.72.